The highest BCUT2D eigenvalue weighted by atomic mass is 32.1. The van der Waals surface area contributed by atoms with Crippen molar-refractivity contribution in [2.24, 2.45) is 0 Å². The number of hydrogen-bond donors (Lipinski definition) is 3. The number of anilines is 1. The van der Waals surface area contributed by atoms with E-state index in [1.807, 2.05) is 0 Å². The molecule has 1 unspecified atom stereocenters. The van der Waals surface area contributed by atoms with Gasteiger partial charge in [0.15, 0.2) is 5.13 Å². The molecule has 0 spiro atoms. The van der Waals surface area contributed by atoms with Gasteiger partial charge in [0.2, 0.25) is 0 Å². The minimum Gasteiger partial charge on any atom is -0.383 e. The van der Waals surface area contributed by atoms with Crippen molar-refractivity contribution >= 4 is 16.5 Å². The van der Waals surface area contributed by atoms with Gasteiger partial charge in [-0.05, 0) is 14.0 Å². The van der Waals surface area contributed by atoms with E-state index in [1.165, 1.54) is 11.3 Å². The van der Waals surface area contributed by atoms with Gasteiger partial charge < -0.3 is 16.2 Å². The smallest absolute Gasteiger partial charge is 0.180 e. The van der Waals surface area contributed by atoms with Crippen molar-refractivity contribution in [1.82, 2.24) is 10.3 Å². The molecule has 5 heteroatoms. The number of nitrogens with one attached hydrogen (secondary N) is 1. The Morgan fingerprint density at radius 3 is 2.92 bits per heavy atom. The van der Waals surface area contributed by atoms with Gasteiger partial charge in [0, 0.05) is 12.7 Å². The summed E-state index contributed by atoms with van der Waals surface area (Å²) in [6, 6.07) is 0. The molecule has 0 aromatic carbocycles. The molecule has 0 saturated heterocycles. The van der Waals surface area contributed by atoms with Gasteiger partial charge in [0.25, 0.3) is 0 Å². The van der Waals surface area contributed by atoms with Crippen molar-refractivity contribution in [2.75, 3.05) is 19.3 Å². The van der Waals surface area contributed by atoms with Crippen LogP contribution in [0, 0.1) is 0 Å². The van der Waals surface area contributed by atoms with Gasteiger partial charge in [-0.2, -0.15) is 0 Å². The SMILES string of the molecule is CNCC(C)(O)c1cnc(N)s1. The second-order valence-electron chi connectivity index (χ2n) is 2.87. The quantitative estimate of drug-likeness (QED) is 0.630. The molecule has 0 amide bonds. The fourth-order valence-electron chi connectivity index (χ4n) is 0.968. The zero-order valence-corrected chi connectivity index (χ0v) is 7.98. The maximum atomic E-state index is 9.85. The van der Waals surface area contributed by atoms with Crippen molar-refractivity contribution in [2.45, 2.75) is 12.5 Å². The van der Waals surface area contributed by atoms with Crippen LogP contribution in [0.1, 0.15) is 11.8 Å². The van der Waals surface area contributed by atoms with Crippen LogP contribution in [0.15, 0.2) is 6.20 Å². The number of aromatic nitrogens is 1. The van der Waals surface area contributed by atoms with Gasteiger partial charge in [0.1, 0.15) is 5.60 Å². The predicted octanol–water partition coefficient (Wildman–Crippen LogP) is 0.152. The van der Waals surface area contributed by atoms with Crippen LogP contribution >= 0.6 is 11.3 Å². The third-order valence-electron chi connectivity index (χ3n) is 1.58. The number of thiazole rings is 1. The lowest BCUT2D eigenvalue weighted by molar-refractivity contribution is 0.0628. The highest BCUT2D eigenvalue weighted by molar-refractivity contribution is 7.15. The Morgan fingerprint density at radius 2 is 2.50 bits per heavy atom. The predicted molar refractivity (Wildman–Crippen MR) is 50.0 cm³/mol. The monoisotopic (exact) mass is 187 g/mol. The molecule has 4 nitrogen and oxygen atoms in total. The first-order valence-electron chi connectivity index (χ1n) is 3.65. The molecule has 1 atom stereocenters. The molecule has 0 radical (unpaired) electrons. The minimum atomic E-state index is -0.871. The van der Waals surface area contributed by atoms with Crippen molar-refractivity contribution in [3.63, 3.8) is 0 Å². The molecule has 0 saturated carbocycles. The molecular formula is C7H13N3OS. The van der Waals surface area contributed by atoms with Crippen LogP contribution < -0.4 is 11.1 Å². The van der Waals surface area contributed by atoms with Crippen LogP contribution in [0.3, 0.4) is 0 Å². The average molecular weight is 187 g/mol. The first-order chi connectivity index (χ1) is 5.56. The van der Waals surface area contributed by atoms with E-state index < -0.39 is 5.60 Å². The van der Waals surface area contributed by atoms with Crippen molar-refractivity contribution in [1.29, 1.82) is 0 Å². The van der Waals surface area contributed by atoms with E-state index in [9.17, 15) is 5.11 Å². The Bertz CT molecular complexity index is 259. The highest BCUT2D eigenvalue weighted by Crippen LogP contribution is 2.26. The largest absolute Gasteiger partial charge is 0.383 e. The van der Waals surface area contributed by atoms with Crippen LogP contribution in [0.5, 0.6) is 0 Å². The zero-order valence-electron chi connectivity index (χ0n) is 7.16. The van der Waals surface area contributed by atoms with E-state index in [2.05, 4.69) is 10.3 Å². The van der Waals surface area contributed by atoms with Gasteiger partial charge in [-0.3, -0.25) is 0 Å². The molecule has 0 aliphatic rings. The van der Waals surface area contributed by atoms with Crippen LogP contribution in [0.25, 0.3) is 0 Å². The standard InChI is InChI=1S/C7H13N3OS/c1-7(11,4-9-2)5-3-10-6(8)12-5/h3,9,11H,4H2,1-2H3,(H2,8,10). The summed E-state index contributed by atoms with van der Waals surface area (Å²) in [5.74, 6) is 0. The van der Waals surface area contributed by atoms with Gasteiger partial charge in [-0.15, -0.1) is 0 Å². The first-order valence-corrected chi connectivity index (χ1v) is 4.46. The summed E-state index contributed by atoms with van der Waals surface area (Å²) in [5.41, 5.74) is 4.58. The van der Waals surface area contributed by atoms with E-state index in [0.717, 1.165) is 4.88 Å². The third kappa shape index (κ3) is 1.94. The molecule has 68 valence electrons. The summed E-state index contributed by atoms with van der Waals surface area (Å²) in [7, 11) is 1.79. The molecule has 1 rings (SSSR count). The van der Waals surface area contributed by atoms with E-state index >= 15 is 0 Å². The molecule has 1 aromatic rings. The Morgan fingerprint density at radius 1 is 1.83 bits per heavy atom. The Labute approximate surface area is 75.4 Å². The Balaban J connectivity index is 2.81. The highest BCUT2D eigenvalue weighted by Gasteiger charge is 2.24. The normalized spacial score (nSPS) is 15.9. The van der Waals surface area contributed by atoms with Gasteiger partial charge in [0.05, 0.1) is 4.88 Å². The summed E-state index contributed by atoms with van der Waals surface area (Å²) < 4.78 is 0. The molecule has 4 N–H and O–H groups in total. The van der Waals surface area contributed by atoms with E-state index in [0.29, 0.717) is 11.7 Å². The van der Waals surface area contributed by atoms with E-state index in [1.54, 1.807) is 20.2 Å². The van der Waals surface area contributed by atoms with E-state index in [4.69, 9.17) is 5.73 Å². The van der Waals surface area contributed by atoms with Crippen LogP contribution in [0.4, 0.5) is 5.13 Å². The first kappa shape index (κ1) is 9.44. The lowest BCUT2D eigenvalue weighted by Gasteiger charge is -2.20. The van der Waals surface area contributed by atoms with Crippen LogP contribution in [0.2, 0.25) is 0 Å². The van der Waals surface area contributed by atoms with Gasteiger partial charge in [-0.25, -0.2) is 4.98 Å². The number of hydrogen-bond acceptors (Lipinski definition) is 5. The molecular weight excluding hydrogens is 174 g/mol. The van der Waals surface area contributed by atoms with Crippen LogP contribution in [-0.2, 0) is 5.60 Å². The van der Waals surface area contributed by atoms with Crippen molar-refractivity contribution in [3.8, 4) is 0 Å². The lowest BCUT2D eigenvalue weighted by Crippen LogP contribution is -2.32. The van der Waals surface area contributed by atoms with Crippen molar-refractivity contribution in [3.05, 3.63) is 11.1 Å². The summed E-state index contributed by atoms with van der Waals surface area (Å²) in [6.07, 6.45) is 1.61. The molecule has 12 heavy (non-hydrogen) atoms. The fraction of sp³-hybridized carbons (Fsp3) is 0.571. The second kappa shape index (κ2) is 3.38. The van der Waals surface area contributed by atoms with E-state index in [-0.39, 0.29) is 0 Å². The number of nitrogens with zero attached hydrogens (tertiary/aromatic N) is 1. The molecule has 1 heterocycles. The fourth-order valence-corrected chi connectivity index (χ4v) is 1.70. The maximum Gasteiger partial charge on any atom is 0.180 e. The summed E-state index contributed by atoms with van der Waals surface area (Å²) in [5, 5.41) is 13.2. The summed E-state index contributed by atoms with van der Waals surface area (Å²) in [4.78, 5) is 4.66. The zero-order chi connectivity index (χ0) is 9.19. The maximum absolute atomic E-state index is 9.85. The Kier molecular flexibility index (Phi) is 2.66. The number of aliphatic hydroxyl groups is 1. The van der Waals surface area contributed by atoms with Crippen molar-refractivity contribution < 1.29 is 5.11 Å². The number of nitrogen functional groups attached to an aromatic ring is 1. The molecule has 0 bridgehead atoms. The number of nitrogens with two attached hydrogens (primary N) is 1. The lowest BCUT2D eigenvalue weighted by atomic mass is 10.1. The Hall–Kier alpha value is -0.650. The topological polar surface area (TPSA) is 71.2 Å². The summed E-state index contributed by atoms with van der Waals surface area (Å²) in [6.45, 7) is 2.23. The minimum absolute atomic E-state index is 0.487. The molecule has 0 aliphatic carbocycles. The molecule has 0 aliphatic heterocycles. The number of rotatable bonds is 3. The summed E-state index contributed by atoms with van der Waals surface area (Å²) >= 11 is 1.31. The molecule has 1 aromatic heterocycles. The van der Waals surface area contributed by atoms with Gasteiger partial charge in [-0.1, -0.05) is 11.3 Å². The van der Waals surface area contributed by atoms with Gasteiger partial charge >= 0.3 is 0 Å². The van der Waals surface area contributed by atoms with Crippen LogP contribution in [-0.4, -0.2) is 23.7 Å². The number of likely N-dealkylation sites (N-methyl/N-ethyl adjacent to an activating group) is 1. The molecule has 0 fully saturated rings. The third-order valence-corrected chi connectivity index (χ3v) is 2.66. The second-order valence-corrected chi connectivity index (χ2v) is 3.93. The average Bonchev–Trinajstić information content (AvgIpc) is 2.36.